The van der Waals surface area contributed by atoms with Gasteiger partial charge in [0, 0.05) is 0 Å². The fourth-order valence-electron chi connectivity index (χ4n) is 3.87. The maximum absolute atomic E-state index is 10.2. The second-order valence-electron chi connectivity index (χ2n) is 7.45. The molecule has 2 heteroatoms. The van der Waals surface area contributed by atoms with Crippen LogP contribution in [0.5, 0.6) is 11.5 Å². The molecule has 2 aromatic carbocycles. The van der Waals surface area contributed by atoms with E-state index < -0.39 is 0 Å². The Bertz CT molecular complexity index is 743. The highest BCUT2D eigenvalue weighted by Gasteiger charge is 2.17. The lowest BCUT2D eigenvalue weighted by atomic mass is 9.82. The molecule has 1 atom stereocenters. The lowest BCUT2D eigenvalue weighted by Gasteiger charge is -2.23. The van der Waals surface area contributed by atoms with Crippen LogP contribution in [0.3, 0.4) is 0 Å². The molecule has 0 bridgehead atoms. The summed E-state index contributed by atoms with van der Waals surface area (Å²) >= 11 is 0. The van der Waals surface area contributed by atoms with Gasteiger partial charge in [0.2, 0.25) is 0 Å². The number of allylic oxidation sites excluding steroid dienone is 2. The number of aromatic hydroxyl groups is 2. The minimum Gasteiger partial charge on any atom is -0.508 e. The summed E-state index contributed by atoms with van der Waals surface area (Å²) in [5.74, 6) is 1.30. The van der Waals surface area contributed by atoms with Gasteiger partial charge in [0.1, 0.15) is 11.5 Å². The van der Waals surface area contributed by atoms with E-state index in [-0.39, 0.29) is 0 Å². The first-order chi connectivity index (χ1) is 12.7. The van der Waals surface area contributed by atoms with E-state index in [0.717, 1.165) is 37.7 Å². The van der Waals surface area contributed by atoms with Crippen molar-refractivity contribution in [2.45, 2.75) is 64.2 Å². The average Bonchev–Trinajstić information content (AvgIpc) is 2.67. The highest BCUT2D eigenvalue weighted by atomic mass is 16.3. The zero-order valence-electron chi connectivity index (χ0n) is 15.7. The Morgan fingerprint density at radius 3 is 2.46 bits per heavy atom. The molecule has 0 amide bonds. The third-order valence-corrected chi connectivity index (χ3v) is 5.53. The van der Waals surface area contributed by atoms with Crippen molar-refractivity contribution in [1.29, 1.82) is 0 Å². The third kappa shape index (κ3) is 4.69. The van der Waals surface area contributed by atoms with Crippen LogP contribution in [-0.4, -0.2) is 10.2 Å². The van der Waals surface area contributed by atoms with Gasteiger partial charge in [0.05, 0.1) is 0 Å². The Hall–Kier alpha value is -2.22. The van der Waals surface area contributed by atoms with Gasteiger partial charge in [-0.2, -0.15) is 0 Å². The normalized spacial score (nSPS) is 17.1. The van der Waals surface area contributed by atoms with Crippen LogP contribution < -0.4 is 0 Å². The van der Waals surface area contributed by atoms with Gasteiger partial charge in [-0.15, -0.1) is 0 Å². The summed E-state index contributed by atoms with van der Waals surface area (Å²) in [6.07, 6.45) is 11.4. The molecule has 0 saturated carbocycles. The van der Waals surface area contributed by atoms with Gasteiger partial charge < -0.3 is 10.2 Å². The fourth-order valence-corrected chi connectivity index (χ4v) is 3.87. The molecule has 3 rings (SSSR count). The minimum atomic E-state index is 0.330. The van der Waals surface area contributed by atoms with Crippen molar-refractivity contribution in [2.24, 2.45) is 0 Å². The quantitative estimate of drug-likeness (QED) is 0.554. The molecule has 2 nitrogen and oxygen atoms in total. The lowest BCUT2D eigenvalue weighted by Crippen LogP contribution is -2.04. The molecule has 0 aromatic heterocycles. The zero-order valence-corrected chi connectivity index (χ0v) is 15.7. The predicted octanol–water partition coefficient (Wildman–Crippen LogP) is 6.57. The number of phenolic OH excluding ortho intramolecular Hbond substituents is 2. The second-order valence-corrected chi connectivity index (χ2v) is 7.45. The van der Waals surface area contributed by atoms with E-state index in [0.29, 0.717) is 17.4 Å². The molecule has 0 heterocycles. The van der Waals surface area contributed by atoms with Crippen LogP contribution in [0.1, 0.15) is 74.5 Å². The SMILES string of the molecule is CCCCCCc1cc(C2=CCC(c3ccc(O)cc3)CC2)ccc1O. The first-order valence-corrected chi connectivity index (χ1v) is 9.97. The first kappa shape index (κ1) is 18.6. The Balaban J connectivity index is 1.66. The molecule has 26 heavy (non-hydrogen) atoms. The monoisotopic (exact) mass is 350 g/mol. The predicted molar refractivity (Wildman–Crippen MR) is 109 cm³/mol. The summed E-state index contributed by atoms with van der Waals surface area (Å²) in [6, 6.07) is 13.7. The Morgan fingerprint density at radius 1 is 0.962 bits per heavy atom. The first-order valence-electron chi connectivity index (χ1n) is 9.97. The molecule has 0 fully saturated rings. The smallest absolute Gasteiger partial charge is 0.118 e. The van der Waals surface area contributed by atoms with Crippen LogP contribution in [0.15, 0.2) is 48.5 Å². The fraction of sp³-hybridized carbons (Fsp3) is 0.417. The van der Waals surface area contributed by atoms with E-state index in [9.17, 15) is 10.2 Å². The molecule has 2 N–H and O–H groups in total. The van der Waals surface area contributed by atoms with Crippen LogP contribution >= 0.6 is 0 Å². The van der Waals surface area contributed by atoms with Gasteiger partial charge >= 0.3 is 0 Å². The van der Waals surface area contributed by atoms with Crippen LogP contribution in [-0.2, 0) is 6.42 Å². The van der Waals surface area contributed by atoms with Crippen molar-refractivity contribution >= 4 is 5.57 Å². The van der Waals surface area contributed by atoms with Gasteiger partial charge in [0.15, 0.2) is 0 Å². The van der Waals surface area contributed by atoms with Gasteiger partial charge in [-0.1, -0.05) is 50.5 Å². The standard InChI is InChI=1S/C24H30O2/c1-2-3-4-5-6-22-17-21(13-16-24(22)26)20-9-7-18(8-10-20)19-11-14-23(25)15-12-19/h9,11-18,25-26H,2-8,10H2,1H3. The van der Waals surface area contributed by atoms with Crippen molar-refractivity contribution in [3.05, 3.63) is 65.2 Å². The van der Waals surface area contributed by atoms with E-state index in [4.69, 9.17) is 0 Å². The van der Waals surface area contributed by atoms with Crippen molar-refractivity contribution in [3.8, 4) is 11.5 Å². The van der Waals surface area contributed by atoms with E-state index in [1.165, 1.54) is 36.0 Å². The Labute approximate surface area is 157 Å². The van der Waals surface area contributed by atoms with Gasteiger partial charge in [-0.05, 0) is 84.6 Å². The van der Waals surface area contributed by atoms with E-state index in [1.54, 1.807) is 12.1 Å². The molecule has 138 valence electrons. The van der Waals surface area contributed by atoms with Crippen LogP contribution in [0.2, 0.25) is 0 Å². The zero-order chi connectivity index (χ0) is 18.4. The highest BCUT2D eigenvalue weighted by molar-refractivity contribution is 5.68. The van der Waals surface area contributed by atoms with Crippen LogP contribution in [0.25, 0.3) is 5.57 Å². The molecule has 2 aromatic rings. The van der Waals surface area contributed by atoms with E-state index in [1.807, 2.05) is 18.2 Å². The molecular formula is C24H30O2. The lowest BCUT2D eigenvalue weighted by molar-refractivity contribution is 0.466. The maximum atomic E-state index is 10.2. The van der Waals surface area contributed by atoms with E-state index in [2.05, 4.69) is 25.1 Å². The molecule has 1 aliphatic carbocycles. The van der Waals surface area contributed by atoms with Crippen molar-refractivity contribution in [2.75, 3.05) is 0 Å². The molecule has 1 aliphatic rings. The summed E-state index contributed by atoms with van der Waals surface area (Å²) in [5.41, 5.74) is 5.05. The molecular weight excluding hydrogens is 320 g/mol. The number of unbranched alkanes of at least 4 members (excludes halogenated alkanes) is 3. The second kappa shape index (κ2) is 8.93. The number of aryl methyl sites for hydroxylation is 1. The number of benzene rings is 2. The van der Waals surface area contributed by atoms with Crippen molar-refractivity contribution < 1.29 is 10.2 Å². The number of rotatable bonds is 7. The number of phenols is 2. The van der Waals surface area contributed by atoms with Crippen LogP contribution in [0, 0.1) is 0 Å². The minimum absolute atomic E-state index is 0.330. The average molecular weight is 351 g/mol. The Morgan fingerprint density at radius 2 is 1.77 bits per heavy atom. The van der Waals surface area contributed by atoms with E-state index >= 15 is 0 Å². The number of hydrogen-bond acceptors (Lipinski definition) is 2. The summed E-state index contributed by atoms with van der Waals surface area (Å²) in [7, 11) is 0. The van der Waals surface area contributed by atoms with Crippen molar-refractivity contribution in [3.63, 3.8) is 0 Å². The molecule has 1 unspecified atom stereocenters. The topological polar surface area (TPSA) is 40.5 Å². The molecule has 0 saturated heterocycles. The van der Waals surface area contributed by atoms with Gasteiger partial charge in [-0.25, -0.2) is 0 Å². The summed E-state index contributed by atoms with van der Waals surface area (Å²) in [4.78, 5) is 0. The maximum Gasteiger partial charge on any atom is 0.118 e. The molecule has 0 aliphatic heterocycles. The summed E-state index contributed by atoms with van der Waals surface area (Å²) in [6.45, 7) is 2.22. The van der Waals surface area contributed by atoms with Crippen LogP contribution in [0.4, 0.5) is 0 Å². The highest BCUT2D eigenvalue weighted by Crippen LogP contribution is 2.37. The van der Waals surface area contributed by atoms with Crippen molar-refractivity contribution in [1.82, 2.24) is 0 Å². The third-order valence-electron chi connectivity index (χ3n) is 5.53. The summed E-state index contributed by atoms with van der Waals surface area (Å²) in [5, 5.41) is 19.6. The molecule has 0 spiro atoms. The van der Waals surface area contributed by atoms with Gasteiger partial charge in [0.25, 0.3) is 0 Å². The Kier molecular flexibility index (Phi) is 6.38. The number of hydrogen-bond donors (Lipinski definition) is 2. The molecule has 0 radical (unpaired) electrons. The van der Waals surface area contributed by atoms with Gasteiger partial charge in [-0.3, -0.25) is 0 Å². The largest absolute Gasteiger partial charge is 0.508 e. The summed E-state index contributed by atoms with van der Waals surface area (Å²) < 4.78 is 0.